The second-order valence-electron chi connectivity index (χ2n) is 7.21. The van der Waals surface area contributed by atoms with Crippen LogP contribution in [-0.4, -0.2) is 60.3 Å². The number of rotatable bonds is 0. The highest BCUT2D eigenvalue weighted by Crippen LogP contribution is 2.35. The topological polar surface area (TPSA) is 30.9 Å². The number of hydrogen-bond acceptors (Lipinski definition) is 4. The van der Waals surface area contributed by atoms with E-state index < -0.39 is 0 Å². The zero-order chi connectivity index (χ0) is 16.7. The summed E-state index contributed by atoms with van der Waals surface area (Å²) in [5.41, 5.74) is 3.48. The van der Waals surface area contributed by atoms with Gasteiger partial charge in [0.1, 0.15) is 5.84 Å². The monoisotopic (exact) mass is 344 g/mol. The summed E-state index contributed by atoms with van der Waals surface area (Å²) in [6.07, 6.45) is 3.13. The summed E-state index contributed by atoms with van der Waals surface area (Å²) in [4.78, 5) is 9.92. The van der Waals surface area contributed by atoms with Gasteiger partial charge in [-0.05, 0) is 37.6 Å². The van der Waals surface area contributed by atoms with Gasteiger partial charge in [0.25, 0.3) is 0 Å². The normalized spacial score (nSPS) is 30.5. The van der Waals surface area contributed by atoms with Gasteiger partial charge >= 0.3 is 0 Å². The molecule has 1 saturated heterocycles. The van der Waals surface area contributed by atoms with Gasteiger partial charge in [-0.25, -0.2) is 4.99 Å². The van der Waals surface area contributed by atoms with Crippen molar-refractivity contribution in [2.24, 2.45) is 10.9 Å². The van der Waals surface area contributed by atoms with Crippen molar-refractivity contribution in [2.75, 3.05) is 38.5 Å². The molecule has 3 unspecified atom stereocenters. The van der Waals surface area contributed by atoms with E-state index in [0.29, 0.717) is 5.92 Å². The van der Waals surface area contributed by atoms with Crippen LogP contribution in [0.3, 0.4) is 0 Å². The molecule has 0 aromatic heterocycles. The lowest BCUT2D eigenvalue weighted by Crippen LogP contribution is -2.47. The summed E-state index contributed by atoms with van der Waals surface area (Å²) in [6.45, 7) is 6.44. The molecule has 2 heterocycles. The summed E-state index contributed by atoms with van der Waals surface area (Å²) in [6, 6.07) is 8.79. The number of aliphatic imine (C=N–C) groups is 1. The van der Waals surface area contributed by atoms with Gasteiger partial charge < -0.3 is 15.1 Å². The van der Waals surface area contributed by atoms with Gasteiger partial charge in [0, 0.05) is 37.4 Å². The molecule has 1 N–H and O–H groups in total. The molecule has 0 amide bonds. The van der Waals surface area contributed by atoms with Crippen molar-refractivity contribution >= 4 is 23.1 Å². The molecule has 0 bridgehead atoms. The molecule has 1 fully saturated rings. The van der Waals surface area contributed by atoms with Crippen LogP contribution in [0, 0.1) is 5.92 Å². The average Bonchev–Trinajstić information content (AvgIpc) is 2.73. The van der Waals surface area contributed by atoms with E-state index in [9.17, 15) is 0 Å². The Kier molecular flexibility index (Phi) is 4.27. The first-order valence-electron chi connectivity index (χ1n) is 8.86. The number of nitrogens with one attached hydrogen (secondary N) is 1. The minimum atomic E-state index is 0.0757. The van der Waals surface area contributed by atoms with Crippen LogP contribution in [0.1, 0.15) is 18.9 Å². The number of anilines is 1. The third-order valence-electron chi connectivity index (χ3n) is 5.35. The molecule has 4 rings (SSSR count). The molecule has 0 radical (unpaired) electrons. The number of nitrogens with zero attached hydrogens (tertiary/aromatic N) is 3. The van der Waals surface area contributed by atoms with Crippen LogP contribution in [0.25, 0.3) is 0 Å². The van der Waals surface area contributed by atoms with E-state index in [1.54, 1.807) is 0 Å². The SMILES string of the molecule is CC1CC(Cl)C=C2N=C(N3CCN(C)CC3)c3ccccc3NC21. The Morgan fingerprint density at radius 2 is 1.92 bits per heavy atom. The minimum Gasteiger partial charge on any atom is -0.376 e. The number of halogens is 1. The van der Waals surface area contributed by atoms with E-state index in [4.69, 9.17) is 16.6 Å². The van der Waals surface area contributed by atoms with Crippen molar-refractivity contribution in [3.63, 3.8) is 0 Å². The number of para-hydroxylation sites is 1. The lowest BCUT2D eigenvalue weighted by molar-refractivity contribution is 0.215. The molecule has 4 nitrogen and oxygen atoms in total. The molecule has 0 saturated carbocycles. The third-order valence-corrected chi connectivity index (χ3v) is 5.66. The molecule has 2 aliphatic heterocycles. The maximum absolute atomic E-state index is 6.45. The summed E-state index contributed by atoms with van der Waals surface area (Å²) in [7, 11) is 2.18. The summed E-state index contributed by atoms with van der Waals surface area (Å²) in [5.74, 6) is 1.56. The first-order chi connectivity index (χ1) is 11.6. The fourth-order valence-electron chi connectivity index (χ4n) is 3.88. The average molecular weight is 345 g/mol. The standard InChI is InChI=1S/C19H25ClN4/c1-13-11-14(20)12-17-18(13)21-16-6-4-3-5-15(16)19(22-17)24-9-7-23(2)8-10-24/h3-6,12-14,18,21H,7-11H2,1-2H3. The van der Waals surface area contributed by atoms with E-state index in [1.807, 2.05) is 0 Å². The van der Waals surface area contributed by atoms with E-state index in [0.717, 1.165) is 44.1 Å². The van der Waals surface area contributed by atoms with Crippen molar-refractivity contribution < 1.29 is 0 Å². The summed E-state index contributed by atoms with van der Waals surface area (Å²) in [5, 5.41) is 3.81. The first-order valence-corrected chi connectivity index (χ1v) is 9.29. The smallest absolute Gasteiger partial charge is 0.138 e. The largest absolute Gasteiger partial charge is 0.376 e. The van der Waals surface area contributed by atoms with Crippen LogP contribution in [0.5, 0.6) is 0 Å². The zero-order valence-electron chi connectivity index (χ0n) is 14.4. The molecule has 128 valence electrons. The molecular weight excluding hydrogens is 320 g/mol. The van der Waals surface area contributed by atoms with Crippen molar-refractivity contribution in [3.05, 3.63) is 41.6 Å². The molecule has 1 aromatic carbocycles. The highest BCUT2D eigenvalue weighted by molar-refractivity contribution is 6.22. The Bertz CT molecular complexity index is 676. The Morgan fingerprint density at radius 3 is 2.71 bits per heavy atom. The molecule has 1 aliphatic carbocycles. The quantitative estimate of drug-likeness (QED) is 0.734. The predicted octanol–water partition coefficient (Wildman–Crippen LogP) is 3.01. The maximum atomic E-state index is 6.45. The predicted molar refractivity (Wildman–Crippen MR) is 101 cm³/mol. The van der Waals surface area contributed by atoms with Crippen molar-refractivity contribution in [3.8, 4) is 0 Å². The summed E-state index contributed by atoms with van der Waals surface area (Å²) < 4.78 is 0. The second-order valence-corrected chi connectivity index (χ2v) is 7.77. The third kappa shape index (κ3) is 2.93. The van der Waals surface area contributed by atoms with Crippen LogP contribution in [0.15, 0.2) is 41.0 Å². The van der Waals surface area contributed by atoms with Crippen LogP contribution >= 0.6 is 11.6 Å². The van der Waals surface area contributed by atoms with E-state index in [-0.39, 0.29) is 11.4 Å². The van der Waals surface area contributed by atoms with Crippen LogP contribution in [0.2, 0.25) is 0 Å². The number of amidine groups is 1. The first kappa shape index (κ1) is 16.0. The molecule has 5 heteroatoms. The van der Waals surface area contributed by atoms with Crippen LogP contribution in [-0.2, 0) is 0 Å². The Balaban J connectivity index is 1.78. The molecule has 1 aromatic rings. The highest BCUT2D eigenvalue weighted by Gasteiger charge is 2.33. The number of fused-ring (bicyclic) bond motifs is 2. The lowest BCUT2D eigenvalue weighted by atomic mass is 9.88. The van der Waals surface area contributed by atoms with Crippen molar-refractivity contribution in [1.29, 1.82) is 0 Å². The minimum absolute atomic E-state index is 0.0757. The Morgan fingerprint density at radius 1 is 1.17 bits per heavy atom. The Labute approximate surface area is 149 Å². The maximum Gasteiger partial charge on any atom is 0.138 e. The zero-order valence-corrected chi connectivity index (χ0v) is 15.1. The number of piperazine rings is 1. The second kappa shape index (κ2) is 6.41. The summed E-state index contributed by atoms with van der Waals surface area (Å²) >= 11 is 6.45. The highest BCUT2D eigenvalue weighted by atomic mass is 35.5. The van der Waals surface area contributed by atoms with Gasteiger partial charge in [-0.1, -0.05) is 19.1 Å². The fraction of sp³-hybridized carbons (Fsp3) is 0.526. The lowest BCUT2D eigenvalue weighted by Gasteiger charge is -2.35. The number of benzene rings is 1. The van der Waals surface area contributed by atoms with Gasteiger partial charge in [0.15, 0.2) is 0 Å². The van der Waals surface area contributed by atoms with Gasteiger partial charge in [-0.2, -0.15) is 0 Å². The van der Waals surface area contributed by atoms with Gasteiger partial charge in [0.2, 0.25) is 0 Å². The van der Waals surface area contributed by atoms with E-state index in [2.05, 4.69) is 59.4 Å². The Hall–Kier alpha value is -1.52. The fourth-order valence-corrected chi connectivity index (χ4v) is 4.29. The molecule has 3 atom stereocenters. The number of likely N-dealkylation sites (N-methyl/N-ethyl adjacent to an activating group) is 1. The van der Waals surface area contributed by atoms with Crippen LogP contribution in [0.4, 0.5) is 5.69 Å². The molecular formula is C19H25ClN4. The number of alkyl halides is 1. The van der Waals surface area contributed by atoms with E-state index >= 15 is 0 Å². The van der Waals surface area contributed by atoms with Crippen molar-refractivity contribution in [1.82, 2.24) is 9.80 Å². The van der Waals surface area contributed by atoms with Crippen LogP contribution < -0.4 is 5.32 Å². The van der Waals surface area contributed by atoms with Gasteiger partial charge in [-0.15, -0.1) is 11.6 Å². The number of allylic oxidation sites excluding steroid dienone is 1. The molecule has 0 spiro atoms. The number of hydrogen-bond donors (Lipinski definition) is 1. The van der Waals surface area contributed by atoms with Crippen molar-refractivity contribution in [2.45, 2.75) is 24.8 Å². The molecule has 3 aliphatic rings. The molecule has 24 heavy (non-hydrogen) atoms. The van der Waals surface area contributed by atoms with Gasteiger partial charge in [-0.3, -0.25) is 0 Å². The van der Waals surface area contributed by atoms with E-state index in [1.165, 1.54) is 11.3 Å². The van der Waals surface area contributed by atoms with Gasteiger partial charge in [0.05, 0.1) is 17.1 Å².